The number of aromatic carboxylic acids is 1. The lowest BCUT2D eigenvalue weighted by molar-refractivity contribution is -0.116. The Labute approximate surface area is 223 Å². The molecule has 0 saturated heterocycles. The van der Waals surface area contributed by atoms with Crippen LogP contribution in [0, 0.1) is 0 Å². The van der Waals surface area contributed by atoms with Gasteiger partial charge in [-0.1, -0.05) is 84.9 Å². The number of nitrogens with zero attached hydrogens (tertiary/aromatic N) is 1. The van der Waals surface area contributed by atoms with Crippen LogP contribution in [0.15, 0.2) is 103 Å². The number of aromatic hydroxyl groups is 1. The van der Waals surface area contributed by atoms with Gasteiger partial charge in [-0.2, -0.15) is 0 Å². The lowest BCUT2D eigenvalue weighted by Crippen LogP contribution is -2.12. The molecule has 7 heteroatoms. The normalized spacial score (nSPS) is 10.7. The monoisotopic (exact) mass is 520 g/mol. The number of carbonyl (C=O) groups excluding carboxylic acids is 1. The first kappa shape index (κ1) is 24.9. The fourth-order valence-electron chi connectivity index (χ4n) is 4.11. The maximum absolute atomic E-state index is 12.4. The van der Waals surface area contributed by atoms with Crippen LogP contribution in [0.4, 0.5) is 5.69 Å². The molecule has 5 rings (SSSR count). The minimum absolute atomic E-state index is 0.213. The van der Waals surface area contributed by atoms with Crippen molar-refractivity contribution in [3.63, 3.8) is 0 Å². The van der Waals surface area contributed by atoms with E-state index in [9.17, 15) is 14.7 Å². The van der Waals surface area contributed by atoms with E-state index in [1.807, 2.05) is 60.7 Å². The molecule has 0 aliphatic carbocycles. The van der Waals surface area contributed by atoms with Crippen LogP contribution in [-0.4, -0.2) is 27.1 Å². The van der Waals surface area contributed by atoms with E-state index in [-0.39, 0.29) is 23.6 Å². The number of carboxylic acids is 1. The number of carbonyl (C=O) groups is 2. The standard InChI is InChI=1S/C31H24N2O4S/c34-26-19-24(16-17-25(26)31(36)37)32-27(35)18-13-20-11-14-23(15-12-20)30-33-28(21-7-3-1-4-8-21)29(38-30)22-9-5-2-6-10-22/h1-12,14-17,19,34H,13,18H2,(H,32,35)(H,36,37). The third-order valence-electron chi connectivity index (χ3n) is 6.06. The highest BCUT2D eigenvalue weighted by Crippen LogP contribution is 2.40. The molecule has 0 unspecified atom stereocenters. The Morgan fingerprint density at radius 3 is 2.08 bits per heavy atom. The van der Waals surface area contributed by atoms with Gasteiger partial charge in [-0.25, -0.2) is 9.78 Å². The fourth-order valence-corrected chi connectivity index (χ4v) is 5.20. The van der Waals surface area contributed by atoms with Crippen molar-refractivity contribution >= 4 is 28.9 Å². The molecule has 188 valence electrons. The van der Waals surface area contributed by atoms with Gasteiger partial charge in [0.2, 0.25) is 5.91 Å². The summed E-state index contributed by atoms with van der Waals surface area (Å²) in [5.74, 6) is -1.84. The SMILES string of the molecule is O=C(CCc1ccc(-c2nc(-c3ccccc3)c(-c3ccccc3)s2)cc1)Nc1ccc(C(=O)O)c(O)c1. The fraction of sp³-hybridized carbons (Fsp3) is 0.0645. The summed E-state index contributed by atoms with van der Waals surface area (Å²) >= 11 is 1.66. The zero-order valence-corrected chi connectivity index (χ0v) is 21.1. The first-order chi connectivity index (χ1) is 18.5. The van der Waals surface area contributed by atoms with E-state index in [2.05, 4.69) is 29.6 Å². The smallest absolute Gasteiger partial charge is 0.339 e. The molecule has 6 nitrogen and oxygen atoms in total. The van der Waals surface area contributed by atoms with E-state index < -0.39 is 5.97 Å². The molecule has 0 radical (unpaired) electrons. The van der Waals surface area contributed by atoms with Gasteiger partial charge in [0.25, 0.3) is 0 Å². The van der Waals surface area contributed by atoms with Crippen LogP contribution in [0.1, 0.15) is 22.3 Å². The summed E-state index contributed by atoms with van der Waals surface area (Å²) in [7, 11) is 0. The average Bonchev–Trinajstić information content (AvgIpc) is 3.39. The predicted octanol–water partition coefficient (Wildman–Crippen LogP) is 7.12. The Kier molecular flexibility index (Phi) is 7.28. The minimum Gasteiger partial charge on any atom is -0.507 e. The van der Waals surface area contributed by atoms with Crippen molar-refractivity contribution in [1.29, 1.82) is 0 Å². The molecule has 3 N–H and O–H groups in total. The number of anilines is 1. The number of aryl methyl sites for hydroxylation is 1. The van der Waals surface area contributed by atoms with Crippen LogP contribution >= 0.6 is 11.3 Å². The van der Waals surface area contributed by atoms with Gasteiger partial charge in [0.05, 0.1) is 10.6 Å². The molecule has 0 fully saturated rings. The highest BCUT2D eigenvalue weighted by Gasteiger charge is 2.16. The molecule has 1 aromatic heterocycles. The molecule has 0 aliphatic rings. The van der Waals surface area contributed by atoms with Gasteiger partial charge in [-0.15, -0.1) is 11.3 Å². The number of phenols is 1. The predicted molar refractivity (Wildman–Crippen MR) is 150 cm³/mol. The molecule has 0 atom stereocenters. The number of benzene rings is 4. The van der Waals surface area contributed by atoms with Gasteiger partial charge in [0, 0.05) is 29.3 Å². The molecule has 1 heterocycles. The van der Waals surface area contributed by atoms with E-state index in [0.717, 1.165) is 37.8 Å². The summed E-state index contributed by atoms with van der Waals surface area (Å²) in [6, 6.07) is 32.4. The zero-order chi connectivity index (χ0) is 26.5. The number of amides is 1. The maximum atomic E-state index is 12.4. The Hall–Kier alpha value is -4.75. The number of hydrogen-bond acceptors (Lipinski definition) is 5. The Morgan fingerprint density at radius 1 is 0.789 bits per heavy atom. The summed E-state index contributed by atoms with van der Waals surface area (Å²) in [4.78, 5) is 29.5. The number of carboxylic acid groups (broad SMARTS) is 1. The van der Waals surface area contributed by atoms with Crippen LogP contribution < -0.4 is 5.32 Å². The third-order valence-corrected chi connectivity index (χ3v) is 7.22. The molecule has 0 spiro atoms. The Morgan fingerprint density at radius 2 is 1.45 bits per heavy atom. The number of thiazole rings is 1. The van der Waals surface area contributed by atoms with Crippen molar-refractivity contribution in [1.82, 2.24) is 4.98 Å². The number of rotatable bonds is 8. The second-order valence-corrected chi connectivity index (χ2v) is 9.71. The average molecular weight is 521 g/mol. The van der Waals surface area contributed by atoms with Crippen molar-refractivity contribution in [3.05, 3.63) is 114 Å². The summed E-state index contributed by atoms with van der Waals surface area (Å²) in [5, 5.41) is 22.4. The second-order valence-electron chi connectivity index (χ2n) is 8.71. The van der Waals surface area contributed by atoms with E-state index in [4.69, 9.17) is 10.1 Å². The van der Waals surface area contributed by atoms with Gasteiger partial charge < -0.3 is 15.5 Å². The van der Waals surface area contributed by atoms with Crippen molar-refractivity contribution in [2.45, 2.75) is 12.8 Å². The van der Waals surface area contributed by atoms with Crippen LogP contribution in [0.2, 0.25) is 0 Å². The molecular weight excluding hydrogens is 496 g/mol. The second kappa shape index (κ2) is 11.1. The third kappa shape index (κ3) is 5.63. The topological polar surface area (TPSA) is 99.5 Å². The highest BCUT2D eigenvalue weighted by molar-refractivity contribution is 7.19. The highest BCUT2D eigenvalue weighted by atomic mass is 32.1. The first-order valence-corrected chi connectivity index (χ1v) is 12.9. The molecular formula is C31H24N2O4S. The molecule has 4 aromatic carbocycles. The van der Waals surface area contributed by atoms with Crippen molar-refractivity contribution < 1.29 is 19.8 Å². The molecule has 1 amide bonds. The summed E-state index contributed by atoms with van der Waals surface area (Å²) in [5.41, 5.74) is 5.31. The van der Waals surface area contributed by atoms with E-state index in [0.29, 0.717) is 12.1 Å². The van der Waals surface area contributed by atoms with Gasteiger partial charge in [0.15, 0.2) is 0 Å². The largest absolute Gasteiger partial charge is 0.507 e. The number of nitrogens with one attached hydrogen (secondary N) is 1. The molecule has 0 saturated carbocycles. The van der Waals surface area contributed by atoms with E-state index in [1.165, 1.54) is 18.2 Å². The lowest BCUT2D eigenvalue weighted by atomic mass is 10.1. The van der Waals surface area contributed by atoms with Crippen LogP contribution in [0.25, 0.3) is 32.3 Å². The quantitative estimate of drug-likeness (QED) is 0.202. The number of aromatic nitrogens is 1. The lowest BCUT2D eigenvalue weighted by Gasteiger charge is -2.07. The Bertz CT molecular complexity index is 1520. The first-order valence-electron chi connectivity index (χ1n) is 12.0. The number of hydrogen-bond donors (Lipinski definition) is 3. The molecule has 38 heavy (non-hydrogen) atoms. The molecule has 5 aromatic rings. The van der Waals surface area contributed by atoms with Crippen LogP contribution in [-0.2, 0) is 11.2 Å². The van der Waals surface area contributed by atoms with Crippen molar-refractivity contribution in [3.8, 4) is 38.0 Å². The maximum Gasteiger partial charge on any atom is 0.339 e. The zero-order valence-electron chi connectivity index (χ0n) is 20.3. The van der Waals surface area contributed by atoms with E-state index >= 15 is 0 Å². The van der Waals surface area contributed by atoms with E-state index in [1.54, 1.807) is 11.3 Å². The van der Waals surface area contributed by atoms with Gasteiger partial charge in [-0.3, -0.25) is 4.79 Å². The summed E-state index contributed by atoms with van der Waals surface area (Å²) in [6.45, 7) is 0. The van der Waals surface area contributed by atoms with Gasteiger partial charge >= 0.3 is 5.97 Å². The molecule has 0 bridgehead atoms. The Balaban J connectivity index is 1.29. The van der Waals surface area contributed by atoms with Gasteiger partial charge in [-0.05, 0) is 29.7 Å². The van der Waals surface area contributed by atoms with Crippen LogP contribution in [0.5, 0.6) is 5.75 Å². The van der Waals surface area contributed by atoms with Crippen molar-refractivity contribution in [2.75, 3.05) is 5.32 Å². The minimum atomic E-state index is -1.23. The summed E-state index contributed by atoms with van der Waals surface area (Å²) < 4.78 is 0. The van der Waals surface area contributed by atoms with Gasteiger partial charge in [0.1, 0.15) is 16.3 Å². The summed E-state index contributed by atoms with van der Waals surface area (Å²) in [6.07, 6.45) is 0.780. The molecule has 0 aliphatic heterocycles. The van der Waals surface area contributed by atoms with Crippen molar-refractivity contribution in [2.24, 2.45) is 0 Å². The van der Waals surface area contributed by atoms with Crippen LogP contribution in [0.3, 0.4) is 0 Å².